The molecule has 10 heteroatoms. The monoisotopic (exact) mass is 435 g/mol. The molecule has 166 valence electrons. The number of aromatic amines is 1. The molecule has 0 saturated carbocycles. The van der Waals surface area contributed by atoms with Gasteiger partial charge in [-0.15, -0.1) is 0 Å². The second kappa shape index (κ2) is 8.66. The van der Waals surface area contributed by atoms with E-state index in [0.717, 1.165) is 5.56 Å². The number of carbonyl (C=O) groups excluding carboxylic acids is 3. The Hall–Kier alpha value is -3.95. The van der Waals surface area contributed by atoms with Crippen molar-refractivity contribution in [1.29, 1.82) is 0 Å². The number of hydrogen-bond acceptors (Lipinski definition) is 6. The average Bonchev–Trinajstić information content (AvgIpc) is 3.31. The molecule has 4 N–H and O–H groups in total. The maximum atomic E-state index is 13.2. The summed E-state index contributed by atoms with van der Waals surface area (Å²) < 4.78 is 0. The fourth-order valence-corrected chi connectivity index (χ4v) is 3.91. The van der Waals surface area contributed by atoms with Crippen LogP contribution in [0.3, 0.4) is 0 Å². The van der Waals surface area contributed by atoms with E-state index in [1.54, 1.807) is 4.90 Å². The van der Waals surface area contributed by atoms with E-state index in [1.165, 1.54) is 17.3 Å². The van der Waals surface area contributed by atoms with Crippen LogP contribution in [-0.4, -0.2) is 62.3 Å². The van der Waals surface area contributed by atoms with Crippen LogP contribution in [0, 0.1) is 5.92 Å². The Labute approximate surface area is 184 Å². The number of nitrogens with one attached hydrogen (secondary N) is 2. The Morgan fingerprint density at radius 1 is 1.16 bits per heavy atom. The van der Waals surface area contributed by atoms with Gasteiger partial charge in [0.25, 0.3) is 0 Å². The Balaban J connectivity index is 1.58. The highest BCUT2D eigenvalue weighted by atomic mass is 16.2. The van der Waals surface area contributed by atoms with Crippen LogP contribution < -0.4 is 11.1 Å². The standard InChI is InChI=1S/C22H25N7O3/c1-13(2)21(31)28-8-9-29(17(12-28)14-6-4-3-5-7-14)22(32)20(30)26-16-11-24-19(23)15-10-25-27-18(15)16/h3-7,10-11,13,17H,8-9,12H2,1-2H3,(H2,23,24)(H,25,27)(H,26,30)/t17-/m1/s1. The van der Waals surface area contributed by atoms with Crippen LogP contribution in [0.25, 0.3) is 10.9 Å². The van der Waals surface area contributed by atoms with Gasteiger partial charge in [-0.05, 0) is 5.56 Å². The fraction of sp³-hybridized carbons (Fsp3) is 0.318. The SMILES string of the molecule is CC(C)C(=O)N1CCN(C(=O)C(=O)Nc2cnc(N)c3cn[nH]c23)[C@@H](c2ccccc2)C1. The number of benzene rings is 1. The number of nitrogens with zero attached hydrogens (tertiary/aromatic N) is 4. The third kappa shape index (κ3) is 3.98. The van der Waals surface area contributed by atoms with Crippen LogP contribution in [0.15, 0.2) is 42.7 Å². The number of anilines is 2. The van der Waals surface area contributed by atoms with Crippen LogP contribution in [0.2, 0.25) is 0 Å². The van der Waals surface area contributed by atoms with Gasteiger partial charge in [-0.3, -0.25) is 19.5 Å². The van der Waals surface area contributed by atoms with Crippen molar-refractivity contribution >= 4 is 40.1 Å². The summed E-state index contributed by atoms with van der Waals surface area (Å²) in [7, 11) is 0. The van der Waals surface area contributed by atoms with Crippen molar-refractivity contribution < 1.29 is 14.4 Å². The van der Waals surface area contributed by atoms with E-state index in [-0.39, 0.29) is 24.2 Å². The number of aromatic nitrogens is 3. The number of pyridine rings is 1. The summed E-state index contributed by atoms with van der Waals surface area (Å²) in [5.41, 5.74) is 7.49. The zero-order valence-corrected chi connectivity index (χ0v) is 17.9. The summed E-state index contributed by atoms with van der Waals surface area (Å²) in [4.78, 5) is 45.9. The van der Waals surface area contributed by atoms with Crippen LogP contribution in [0.4, 0.5) is 11.5 Å². The molecule has 1 fully saturated rings. The molecule has 1 atom stereocenters. The highest BCUT2D eigenvalue weighted by Gasteiger charge is 2.36. The van der Waals surface area contributed by atoms with Gasteiger partial charge in [0.2, 0.25) is 5.91 Å². The minimum absolute atomic E-state index is 0.0251. The summed E-state index contributed by atoms with van der Waals surface area (Å²) in [6.07, 6.45) is 2.89. The number of amides is 3. The summed E-state index contributed by atoms with van der Waals surface area (Å²) in [5, 5.41) is 9.86. The fourth-order valence-electron chi connectivity index (χ4n) is 3.91. The molecular weight excluding hydrogens is 410 g/mol. The number of hydrogen-bond donors (Lipinski definition) is 3. The molecule has 0 spiro atoms. The smallest absolute Gasteiger partial charge is 0.314 e. The Kier molecular flexibility index (Phi) is 5.76. The summed E-state index contributed by atoms with van der Waals surface area (Å²) in [5.74, 6) is -1.32. The molecule has 1 aromatic carbocycles. The summed E-state index contributed by atoms with van der Waals surface area (Å²) in [6, 6.07) is 8.98. The number of carbonyl (C=O) groups is 3. The summed E-state index contributed by atoms with van der Waals surface area (Å²) in [6.45, 7) is 4.65. The lowest BCUT2D eigenvalue weighted by Gasteiger charge is -2.42. The molecule has 10 nitrogen and oxygen atoms in total. The van der Waals surface area contributed by atoms with Gasteiger partial charge in [0.1, 0.15) is 5.82 Å². The normalized spacial score (nSPS) is 16.4. The van der Waals surface area contributed by atoms with E-state index >= 15 is 0 Å². The van der Waals surface area contributed by atoms with Crippen LogP contribution in [0.5, 0.6) is 0 Å². The third-order valence-corrected chi connectivity index (χ3v) is 5.59. The van der Waals surface area contributed by atoms with E-state index in [1.807, 2.05) is 44.2 Å². The molecule has 0 radical (unpaired) electrons. The Morgan fingerprint density at radius 2 is 1.91 bits per heavy atom. The van der Waals surface area contributed by atoms with Gasteiger partial charge in [-0.25, -0.2) is 4.98 Å². The molecule has 1 aliphatic rings. The molecule has 32 heavy (non-hydrogen) atoms. The van der Waals surface area contributed by atoms with Crippen molar-refractivity contribution in [1.82, 2.24) is 25.0 Å². The zero-order valence-electron chi connectivity index (χ0n) is 17.9. The van der Waals surface area contributed by atoms with Gasteiger partial charge >= 0.3 is 11.8 Å². The second-order valence-electron chi connectivity index (χ2n) is 8.03. The number of fused-ring (bicyclic) bond motifs is 1. The molecule has 1 aliphatic heterocycles. The first kappa shape index (κ1) is 21.3. The third-order valence-electron chi connectivity index (χ3n) is 5.59. The van der Waals surface area contributed by atoms with Crippen molar-refractivity contribution in [3.05, 3.63) is 48.3 Å². The van der Waals surface area contributed by atoms with Crippen molar-refractivity contribution in [3.8, 4) is 0 Å². The molecule has 2 aromatic heterocycles. The molecule has 0 aliphatic carbocycles. The Morgan fingerprint density at radius 3 is 2.62 bits per heavy atom. The lowest BCUT2D eigenvalue weighted by Crippen LogP contribution is -2.55. The largest absolute Gasteiger partial charge is 0.383 e. The maximum absolute atomic E-state index is 13.2. The van der Waals surface area contributed by atoms with E-state index in [0.29, 0.717) is 29.7 Å². The molecule has 3 amide bonds. The van der Waals surface area contributed by atoms with E-state index in [4.69, 9.17) is 5.73 Å². The average molecular weight is 435 g/mol. The van der Waals surface area contributed by atoms with E-state index in [2.05, 4.69) is 20.5 Å². The van der Waals surface area contributed by atoms with Crippen molar-refractivity contribution in [3.63, 3.8) is 0 Å². The van der Waals surface area contributed by atoms with Gasteiger partial charge in [0.15, 0.2) is 0 Å². The number of nitrogen functional groups attached to an aromatic ring is 1. The van der Waals surface area contributed by atoms with Crippen LogP contribution in [0.1, 0.15) is 25.5 Å². The van der Waals surface area contributed by atoms with E-state index < -0.39 is 17.9 Å². The first-order valence-electron chi connectivity index (χ1n) is 10.4. The van der Waals surface area contributed by atoms with Gasteiger partial charge < -0.3 is 20.9 Å². The van der Waals surface area contributed by atoms with Crippen molar-refractivity contribution in [2.75, 3.05) is 30.7 Å². The number of rotatable bonds is 3. The predicted molar refractivity (Wildman–Crippen MR) is 119 cm³/mol. The first-order chi connectivity index (χ1) is 15.4. The van der Waals surface area contributed by atoms with Gasteiger partial charge in [0, 0.05) is 25.6 Å². The number of piperazine rings is 1. The predicted octanol–water partition coefficient (Wildman–Crippen LogP) is 1.55. The van der Waals surface area contributed by atoms with Gasteiger partial charge in [-0.1, -0.05) is 44.2 Å². The topological polar surface area (TPSA) is 137 Å². The van der Waals surface area contributed by atoms with E-state index in [9.17, 15) is 14.4 Å². The van der Waals surface area contributed by atoms with Gasteiger partial charge in [0.05, 0.1) is 35.0 Å². The minimum atomic E-state index is -0.794. The molecule has 1 saturated heterocycles. The lowest BCUT2D eigenvalue weighted by atomic mass is 10.0. The number of H-pyrrole nitrogens is 1. The highest BCUT2D eigenvalue weighted by Crippen LogP contribution is 2.28. The summed E-state index contributed by atoms with van der Waals surface area (Å²) >= 11 is 0. The molecule has 0 bridgehead atoms. The van der Waals surface area contributed by atoms with Crippen LogP contribution >= 0.6 is 0 Å². The lowest BCUT2D eigenvalue weighted by molar-refractivity contribution is -0.150. The second-order valence-corrected chi connectivity index (χ2v) is 8.03. The van der Waals surface area contributed by atoms with Gasteiger partial charge in [-0.2, -0.15) is 5.10 Å². The van der Waals surface area contributed by atoms with Crippen LogP contribution in [-0.2, 0) is 14.4 Å². The zero-order chi connectivity index (χ0) is 22.8. The first-order valence-corrected chi connectivity index (χ1v) is 10.4. The minimum Gasteiger partial charge on any atom is -0.383 e. The molecular formula is C22H25N7O3. The highest BCUT2D eigenvalue weighted by molar-refractivity contribution is 6.40. The van der Waals surface area contributed by atoms with Crippen molar-refractivity contribution in [2.24, 2.45) is 5.92 Å². The molecule has 0 unspecified atom stereocenters. The molecule has 4 rings (SSSR count). The molecule has 3 heterocycles. The quantitative estimate of drug-likeness (QED) is 0.534. The molecule has 3 aromatic rings. The Bertz CT molecular complexity index is 1160. The number of nitrogens with two attached hydrogens (primary N) is 1. The maximum Gasteiger partial charge on any atom is 0.314 e. The van der Waals surface area contributed by atoms with Crippen molar-refractivity contribution in [2.45, 2.75) is 19.9 Å².